The van der Waals surface area contributed by atoms with E-state index in [2.05, 4.69) is 19.9 Å². The predicted molar refractivity (Wildman–Crippen MR) is 115 cm³/mol. The zero-order valence-corrected chi connectivity index (χ0v) is 18.6. The highest BCUT2D eigenvalue weighted by Gasteiger charge is 2.53. The molecule has 2 saturated heterocycles. The lowest BCUT2D eigenvalue weighted by molar-refractivity contribution is -0.140. The Morgan fingerprint density at radius 3 is 2.76 bits per heavy atom. The van der Waals surface area contributed by atoms with E-state index in [1.807, 2.05) is 24.9 Å². The van der Waals surface area contributed by atoms with Crippen molar-refractivity contribution < 1.29 is 19.4 Å². The largest absolute Gasteiger partial charge is 0.481 e. The number of nitrogens with zero attached hydrogens (tertiary/aromatic N) is 1. The van der Waals surface area contributed by atoms with Crippen molar-refractivity contribution in [3.63, 3.8) is 0 Å². The van der Waals surface area contributed by atoms with Crippen LogP contribution in [0.25, 0.3) is 0 Å². The molecule has 4 aliphatic rings. The third-order valence-corrected chi connectivity index (χ3v) is 9.08. The summed E-state index contributed by atoms with van der Waals surface area (Å²) in [5, 5.41) is 11.2. The number of fused-ring (bicyclic) bond motifs is 3. The number of aliphatic carboxylic acids is 1. The van der Waals surface area contributed by atoms with Gasteiger partial charge in [-0.05, 0) is 36.0 Å². The van der Waals surface area contributed by atoms with Crippen molar-refractivity contribution in [1.82, 2.24) is 4.90 Å². The fourth-order valence-corrected chi connectivity index (χ4v) is 7.32. The van der Waals surface area contributed by atoms with Gasteiger partial charge in [0, 0.05) is 47.0 Å². The van der Waals surface area contributed by atoms with Crippen LogP contribution in [0.4, 0.5) is 0 Å². The van der Waals surface area contributed by atoms with Gasteiger partial charge in [-0.1, -0.05) is 31.5 Å². The molecule has 3 heterocycles. The molecule has 1 amide bonds. The molecule has 0 aromatic heterocycles. The summed E-state index contributed by atoms with van der Waals surface area (Å²) in [6, 6.07) is 0. The highest BCUT2D eigenvalue weighted by Crippen LogP contribution is 2.54. The van der Waals surface area contributed by atoms with Crippen LogP contribution < -0.4 is 0 Å². The molecule has 0 spiro atoms. The molecule has 0 bridgehead atoms. The van der Waals surface area contributed by atoms with Gasteiger partial charge in [0.05, 0.1) is 18.6 Å². The van der Waals surface area contributed by atoms with Gasteiger partial charge in [0.2, 0.25) is 5.91 Å². The summed E-state index contributed by atoms with van der Waals surface area (Å²) in [5.74, 6) is -0.134. The van der Waals surface area contributed by atoms with E-state index in [1.54, 1.807) is 11.0 Å². The fraction of sp³-hybridized carbons (Fsp3) is 0.636. The Morgan fingerprint density at radius 1 is 1.34 bits per heavy atom. The number of ether oxygens (including phenoxy) is 1. The smallest absolute Gasteiger partial charge is 0.306 e. The van der Waals surface area contributed by atoms with E-state index in [0.717, 1.165) is 23.4 Å². The minimum Gasteiger partial charge on any atom is -0.481 e. The first-order chi connectivity index (χ1) is 13.8. The molecule has 5 nitrogen and oxygen atoms in total. The first-order valence-corrected chi connectivity index (χ1v) is 11.6. The molecule has 3 aliphatic heterocycles. The zero-order valence-electron chi connectivity index (χ0n) is 17.0. The lowest BCUT2D eigenvalue weighted by Gasteiger charge is -2.36. The molecule has 4 rings (SSSR count). The maximum absolute atomic E-state index is 12.4. The number of hydrogen-bond donors (Lipinski definition) is 1. The highest BCUT2D eigenvalue weighted by molar-refractivity contribution is 8.00. The van der Waals surface area contributed by atoms with Gasteiger partial charge in [-0.25, -0.2) is 0 Å². The first-order valence-electron chi connectivity index (χ1n) is 10.3. The molecule has 29 heavy (non-hydrogen) atoms. The summed E-state index contributed by atoms with van der Waals surface area (Å²) < 4.78 is 6.61. The molecule has 0 radical (unpaired) electrons. The van der Waals surface area contributed by atoms with Crippen LogP contribution >= 0.6 is 23.4 Å². The number of allylic oxidation sites excluding steroid dienone is 3. The number of carboxylic acids is 1. The van der Waals surface area contributed by atoms with Crippen LogP contribution in [0.5, 0.6) is 0 Å². The number of carbonyl (C=O) groups excluding carboxylic acids is 1. The van der Waals surface area contributed by atoms with Gasteiger partial charge in [-0.3, -0.25) is 9.59 Å². The second-order valence-electron chi connectivity index (χ2n) is 8.71. The molecule has 1 aliphatic carbocycles. The van der Waals surface area contributed by atoms with Gasteiger partial charge in [-0.15, -0.1) is 0 Å². The number of likely N-dealkylation sites (N-methyl/N-ethyl adjacent to an activating group) is 1. The number of amides is 1. The molecule has 0 aromatic rings. The third kappa shape index (κ3) is 3.91. The van der Waals surface area contributed by atoms with Crippen molar-refractivity contribution in [2.45, 2.75) is 55.8 Å². The number of rotatable bonds is 3. The molecular formula is C22H28ClNO4S. The summed E-state index contributed by atoms with van der Waals surface area (Å²) in [6.07, 6.45) is 6.42. The van der Waals surface area contributed by atoms with Gasteiger partial charge in [-0.2, -0.15) is 11.8 Å². The average molecular weight is 438 g/mol. The number of carbonyl (C=O) groups is 2. The number of thioether (sulfide) groups is 1. The van der Waals surface area contributed by atoms with E-state index in [9.17, 15) is 14.7 Å². The molecule has 0 aromatic carbocycles. The van der Waals surface area contributed by atoms with Crippen LogP contribution in [0.3, 0.4) is 0 Å². The van der Waals surface area contributed by atoms with Crippen LogP contribution in [-0.2, 0) is 14.3 Å². The van der Waals surface area contributed by atoms with Crippen molar-refractivity contribution in [1.29, 1.82) is 0 Å². The third-order valence-electron chi connectivity index (χ3n) is 6.95. The molecule has 1 N–H and O–H groups in total. The quantitative estimate of drug-likeness (QED) is 0.726. The molecule has 7 heteroatoms. The van der Waals surface area contributed by atoms with Crippen molar-refractivity contribution in [3.8, 4) is 0 Å². The van der Waals surface area contributed by atoms with E-state index >= 15 is 0 Å². The van der Waals surface area contributed by atoms with Gasteiger partial charge in [0.1, 0.15) is 0 Å². The average Bonchev–Trinajstić information content (AvgIpc) is 2.89. The predicted octanol–water partition coefficient (Wildman–Crippen LogP) is 3.84. The Hall–Kier alpha value is -1.24. The SMILES string of the molecule is CC1SC2C3CN(C)C(=O)C=C3C(CC(=O)O)OC(C3=CC=C(Cl)CC3)C2C1C. The highest BCUT2D eigenvalue weighted by atomic mass is 35.5. The van der Waals surface area contributed by atoms with Gasteiger partial charge >= 0.3 is 5.97 Å². The van der Waals surface area contributed by atoms with E-state index in [1.165, 1.54) is 5.57 Å². The fourth-order valence-electron chi connectivity index (χ4n) is 5.23. The minimum absolute atomic E-state index is 0.0686. The van der Waals surface area contributed by atoms with Crippen molar-refractivity contribution >= 4 is 35.2 Å². The van der Waals surface area contributed by atoms with Crippen molar-refractivity contribution in [2.75, 3.05) is 13.6 Å². The van der Waals surface area contributed by atoms with E-state index in [4.69, 9.17) is 16.3 Å². The molecule has 7 unspecified atom stereocenters. The maximum atomic E-state index is 12.4. The summed E-state index contributed by atoms with van der Waals surface area (Å²) in [7, 11) is 1.82. The minimum atomic E-state index is -0.901. The number of halogens is 1. The molecule has 2 fully saturated rings. The Balaban J connectivity index is 1.80. The Labute approximate surface area is 181 Å². The van der Waals surface area contributed by atoms with Crippen molar-refractivity contribution in [3.05, 3.63) is 34.4 Å². The lowest BCUT2D eigenvalue weighted by atomic mass is 9.75. The Bertz CT molecular complexity index is 807. The molecule has 0 saturated carbocycles. The van der Waals surface area contributed by atoms with Gasteiger partial charge < -0.3 is 14.7 Å². The van der Waals surface area contributed by atoms with Crippen LogP contribution in [0.15, 0.2) is 34.4 Å². The van der Waals surface area contributed by atoms with E-state index < -0.39 is 12.1 Å². The first kappa shape index (κ1) is 21.0. The standard InChI is InChI=1S/C22H28ClNO4S/c1-11-12(2)29-22-16-10-24(3)18(25)8-15(16)17(9-19(26)27)28-21(20(11)22)13-4-6-14(23)7-5-13/h4,6,8,11-12,16-17,20-22H,5,7,9-10H2,1-3H3,(H,26,27). The molecular weight excluding hydrogens is 410 g/mol. The Kier molecular flexibility index (Phi) is 5.88. The van der Waals surface area contributed by atoms with Crippen LogP contribution in [0.2, 0.25) is 0 Å². The zero-order chi connectivity index (χ0) is 20.9. The topological polar surface area (TPSA) is 66.8 Å². The number of hydrogen-bond acceptors (Lipinski definition) is 4. The van der Waals surface area contributed by atoms with Gasteiger partial charge in [0.15, 0.2) is 0 Å². The monoisotopic (exact) mass is 437 g/mol. The number of carboxylic acid groups (broad SMARTS) is 1. The second-order valence-corrected chi connectivity index (χ2v) is 10.8. The Morgan fingerprint density at radius 2 is 2.10 bits per heavy atom. The molecule has 7 atom stereocenters. The van der Waals surface area contributed by atoms with Crippen molar-refractivity contribution in [2.24, 2.45) is 17.8 Å². The van der Waals surface area contributed by atoms with Crippen LogP contribution in [-0.4, -0.2) is 58.2 Å². The van der Waals surface area contributed by atoms with Crippen LogP contribution in [0.1, 0.15) is 33.1 Å². The summed E-state index contributed by atoms with van der Waals surface area (Å²) in [4.78, 5) is 25.8. The normalized spacial score (nSPS) is 39.7. The second kappa shape index (κ2) is 8.12. The van der Waals surface area contributed by atoms with Gasteiger partial charge in [0.25, 0.3) is 0 Å². The van der Waals surface area contributed by atoms with E-state index in [0.29, 0.717) is 23.0 Å². The van der Waals surface area contributed by atoms with Crippen LogP contribution in [0, 0.1) is 17.8 Å². The lowest BCUT2D eigenvalue weighted by Crippen LogP contribution is -2.43. The van der Waals surface area contributed by atoms with E-state index in [-0.39, 0.29) is 30.3 Å². The molecule has 158 valence electrons. The summed E-state index contributed by atoms with van der Waals surface area (Å²) in [5.41, 5.74) is 2.06. The maximum Gasteiger partial charge on any atom is 0.306 e. The summed E-state index contributed by atoms with van der Waals surface area (Å²) >= 11 is 8.16. The summed E-state index contributed by atoms with van der Waals surface area (Å²) in [6.45, 7) is 5.17.